The maximum absolute atomic E-state index is 13.0. The summed E-state index contributed by atoms with van der Waals surface area (Å²) < 4.78 is 0. The van der Waals surface area contributed by atoms with Gasteiger partial charge in [0.15, 0.2) is 0 Å². The van der Waals surface area contributed by atoms with Crippen molar-refractivity contribution in [3.63, 3.8) is 0 Å². The van der Waals surface area contributed by atoms with Crippen molar-refractivity contribution in [3.8, 4) is 0 Å². The van der Waals surface area contributed by atoms with Crippen molar-refractivity contribution < 1.29 is 14.7 Å². The second-order valence-corrected chi connectivity index (χ2v) is 9.91. The number of rotatable bonds is 10. The molecule has 2 atom stereocenters. The molecule has 1 aliphatic carbocycles. The summed E-state index contributed by atoms with van der Waals surface area (Å²) in [6, 6.07) is 14.0. The van der Waals surface area contributed by atoms with Crippen LogP contribution in [0.2, 0.25) is 0 Å². The molecule has 0 heterocycles. The number of aliphatic carboxylic acids is 1. The number of benzene rings is 2. The van der Waals surface area contributed by atoms with Gasteiger partial charge < -0.3 is 15.3 Å². The molecule has 0 aromatic heterocycles. The van der Waals surface area contributed by atoms with Crippen molar-refractivity contribution in [2.75, 3.05) is 23.3 Å². The van der Waals surface area contributed by atoms with Crippen LogP contribution in [0.3, 0.4) is 0 Å². The lowest BCUT2D eigenvalue weighted by atomic mass is 10.0. The summed E-state index contributed by atoms with van der Waals surface area (Å²) >= 11 is 0. The van der Waals surface area contributed by atoms with Crippen molar-refractivity contribution in [1.82, 2.24) is 0 Å². The second-order valence-electron chi connectivity index (χ2n) is 9.91. The molecule has 2 unspecified atom stereocenters. The molecule has 0 bridgehead atoms. The highest BCUT2D eigenvalue weighted by Crippen LogP contribution is 2.49. The fourth-order valence-corrected chi connectivity index (χ4v) is 4.33. The van der Waals surface area contributed by atoms with Gasteiger partial charge in [0, 0.05) is 13.1 Å². The van der Waals surface area contributed by atoms with Crippen LogP contribution in [-0.4, -0.2) is 30.1 Å². The SMILES string of the molecule is Cc1ccccc1CC(=O)Nc1cc(C2CC2C(=O)O)ccc1N(CC(C)C)CC(C)C. The Bertz CT molecular complexity index is 957. The minimum atomic E-state index is -0.745. The Morgan fingerprint density at radius 3 is 2.28 bits per heavy atom. The molecule has 32 heavy (non-hydrogen) atoms. The van der Waals surface area contributed by atoms with Gasteiger partial charge in [-0.2, -0.15) is 0 Å². The van der Waals surface area contributed by atoms with Gasteiger partial charge in [0.05, 0.1) is 23.7 Å². The molecule has 0 radical (unpaired) electrons. The van der Waals surface area contributed by atoms with E-state index in [1.54, 1.807) is 0 Å². The Balaban J connectivity index is 1.90. The normalized spacial score (nSPS) is 17.5. The Morgan fingerprint density at radius 2 is 1.72 bits per heavy atom. The van der Waals surface area contributed by atoms with Crippen LogP contribution in [0.4, 0.5) is 11.4 Å². The van der Waals surface area contributed by atoms with Crippen molar-refractivity contribution in [2.24, 2.45) is 17.8 Å². The van der Waals surface area contributed by atoms with E-state index in [1.807, 2.05) is 43.3 Å². The first kappa shape index (κ1) is 23.8. The van der Waals surface area contributed by atoms with Gasteiger partial charge in [-0.15, -0.1) is 0 Å². The maximum Gasteiger partial charge on any atom is 0.307 e. The molecule has 1 aliphatic rings. The zero-order valence-electron chi connectivity index (χ0n) is 19.9. The number of nitrogens with zero attached hydrogens (tertiary/aromatic N) is 1. The van der Waals surface area contributed by atoms with Gasteiger partial charge in [0.2, 0.25) is 5.91 Å². The summed E-state index contributed by atoms with van der Waals surface area (Å²) in [6.45, 7) is 12.6. The van der Waals surface area contributed by atoms with E-state index in [4.69, 9.17) is 0 Å². The van der Waals surface area contributed by atoms with Crippen LogP contribution in [0.1, 0.15) is 56.7 Å². The van der Waals surface area contributed by atoms with Gasteiger partial charge in [-0.3, -0.25) is 9.59 Å². The number of hydrogen-bond donors (Lipinski definition) is 2. The van der Waals surface area contributed by atoms with E-state index in [-0.39, 0.29) is 17.7 Å². The van der Waals surface area contributed by atoms with E-state index < -0.39 is 5.97 Å². The first-order valence-electron chi connectivity index (χ1n) is 11.6. The van der Waals surface area contributed by atoms with E-state index in [2.05, 4.69) is 44.0 Å². The second kappa shape index (κ2) is 10.2. The van der Waals surface area contributed by atoms with Crippen molar-refractivity contribution in [3.05, 3.63) is 59.2 Å². The fourth-order valence-electron chi connectivity index (χ4n) is 4.33. The van der Waals surface area contributed by atoms with Crippen LogP contribution >= 0.6 is 0 Å². The summed E-state index contributed by atoms with van der Waals surface area (Å²) in [6.07, 6.45) is 0.971. The Hall–Kier alpha value is -2.82. The summed E-state index contributed by atoms with van der Waals surface area (Å²) in [5.74, 6) is -0.147. The van der Waals surface area contributed by atoms with Gasteiger partial charge in [0.25, 0.3) is 0 Å². The fraction of sp³-hybridized carbons (Fsp3) is 0.481. The standard InChI is InChI=1S/C27H36N2O3/c1-17(2)15-29(16-18(3)4)25-11-10-21(22-14-23(22)27(31)32)12-24(25)28-26(30)13-20-9-7-6-8-19(20)5/h6-12,17-18,22-23H,13-16H2,1-5H3,(H,28,30)(H,31,32). The van der Waals surface area contributed by atoms with E-state index in [1.165, 1.54) is 0 Å². The molecular weight excluding hydrogens is 400 g/mol. The van der Waals surface area contributed by atoms with Gasteiger partial charge >= 0.3 is 5.97 Å². The average molecular weight is 437 g/mol. The summed E-state index contributed by atoms with van der Waals surface area (Å²) in [7, 11) is 0. The number of carboxylic acids is 1. The number of carbonyl (C=O) groups is 2. The monoisotopic (exact) mass is 436 g/mol. The van der Waals surface area contributed by atoms with Crippen molar-refractivity contribution in [1.29, 1.82) is 0 Å². The molecule has 5 nitrogen and oxygen atoms in total. The molecule has 1 fully saturated rings. The van der Waals surface area contributed by atoms with E-state index in [0.29, 0.717) is 24.7 Å². The number of carbonyl (C=O) groups excluding carboxylic acids is 1. The molecule has 1 amide bonds. The molecule has 172 valence electrons. The van der Waals surface area contributed by atoms with Crippen molar-refractivity contribution >= 4 is 23.3 Å². The van der Waals surface area contributed by atoms with E-state index in [0.717, 1.165) is 41.2 Å². The summed E-state index contributed by atoms with van der Waals surface area (Å²) in [5, 5.41) is 12.5. The highest BCUT2D eigenvalue weighted by molar-refractivity contribution is 5.96. The molecular formula is C27H36N2O3. The third kappa shape index (κ3) is 6.12. The van der Waals surface area contributed by atoms with Gasteiger partial charge in [0.1, 0.15) is 0 Å². The van der Waals surface area contributed by atoms with Crippen LogP contribution in [0.15, 0.2) is 42.5 Å². The first-order chi connectivity index (χ1) is 15.2. The third-order valence-corrected chi connectivity index (χ3v) is 5.95. The number of anilines is 2. The van der Waals surface area contributed by atoms with Gasteiger partial charge in [-0.05, 0) is 59.9 Å². The molecule has 2 aromatic rings. The highest BCUT2D eigenvalue weighted by Gasteiger charge is 2.44. The quantitative estimate of drug-likeness (QED) is 0.517. The summed E-state index contributed by atoms with van der Waals surface area (Å²) in [4.78, 5) is 26.7. The predicted molar refractivity (Wildman–Crippen MR) is 130 cm³/mol. The number of carboxylic acid groups (broad SMARTS) is 1. The molecule has 2 N–H and O–H groups in total. The minimum Gasteiger partial charge on any atom is -0.481 e. The Morgan fingerprint density at radius 1 is 1.06 bits per heavy atom. The molecule has 3 rings (SSSR count). The number of nitrogens with one attached hydrogen (secondary N) is 1. The molecule has 0 aliphatic heterocycles. The van der Waals surface area contributed by atoms with Crippen LogP contribution in [0.5, 0.6) is 0 Å². The topological polar surface area (TPSA) is 69.6 Å². The molecule has 2 aromatic carbocycles. The lowest BCUT2D eigenvalue weighted by molar-refractivity contribution is -0.138. The van der Waals surface area contributed by atoms with Crippen LogP contribution in [-0.2, 0) is 16.0 Å². The summed E-state index contributed by atoms with van der Waals surface area (Å²) in [5.41, 5.74) is 4.87. The van der Waals surface area contributed by atoms with E-state index in [9.17, 15) is 14.7 Å². The maximum atomic E-state index is 13.0. The van der Waals surface area contributed by atoms with Crippen LogP contribution < -0.4 is 10.2 Å². The number of hydrogen-bond acceptors (Lipinski definition) is 3. The zero-order chi connectivity index (χ0) is 23.4. The highest BCUT2D eigenvalue weighted by atomic mass is 16.4. The predicted octanol–water partition coefficient (Wildman–Crippen LogP) is 5.48. The largest absolute Gasteiger partial charge is 0.481 e. The zero-order valence-corrected chi connectivity index (χ0v) is 19.9. The third-order valence-electron chi connectivity index (χ3n) is 5.95. The van der Waals surface area contributed by atoms with E-state index >= 15 is 0 Å². The molecule has 5 heteroatoms. The Kier molecular flexibility index (Phi) is 7.60. The smallest absolute Gasteiger partial charge is 0.307 e. The molecule has 0 spiro atoms. The average Bonchev–Trinajstić information content (AvgIpc) is 3.50. The molecule has 0 saturated heterocycles. The van der Waals surface area contributed by atoms with Gasteiger partial charge in [-0.25, -0.2) is 0 Å². The number of aryl methyl sites for hydroxylation is 1. The lowest BCUT2D eigenvalue weighted by Gasteiger charge is -2.31. The number of amides is 1. The molecule has 1 saturated carbocycles. The Labute approximate surface area is 191 Å². The van der Waals surface area contributed by atoms with Crippen LogP contribution in [0, 0.1) is 24.7 Å². The minimum absolute atomic E-state index is 0.0252. The first-order valence-corrected chi connectivity index (χ1v) is 11.6. The van der Waals surface area contributed by atoms with Gasteiger partial charge in [-0.1, -0.05) is 58.0 Å². The lowest BCUT2D eigenvalue weighted by Crippen LogP contribution is -2.32. The van der Waals surface area contributed by atoms with Crippen LogP contribution in [0.25, 0.3) is 0 Å². The van der Waals surface area contributed by atoms with Crippen molar-refractivity contribution in [2.45, 2.75) is 53.4 Å².